The number of carbonyl (C=O) groups is 1. The van der Waals surface area contributed by atoms with E-state index in [2.05, 4.69) is 4.98 Å². The molecule has 0 atom stereocenters. The summed E-state index contributed by atoms with van der Waals surface area (Å²) in [5.74, 6) is 0.349. The van der Waals surface area contributed by atoms with E-state index in [0.717, 1.165) is 0 Å². The number of aromatic nitrogens is 1. The Morgan fingerprint density at radius 3 is 2.81 bits per heavy atom. The first-order valence-corrected chi connectivity index (χ1v) is 4.84. The van der Waals surface area contributed by atoms with E-state index in [1.807, 2.05) is 0 Å². The van der Waals surface area contributed by atoms with Crippen molar-refractivity contribution < 1.29 is 9.53 Å². The Morgan fingerprint density at radius 2 is 2.19 bits per heavy atom. The lowest BCUT2D eigenvalue weighted by molar-refractivity contribution is 0.103. The lowest BCUT2D eigenvalue weighted by Gasteiger charge is -2.09. The molecule has 0 radical (unpaired) electrons. The Labute approximate surface area is 93.0 Å². The summed E-state index contributed by atoms with van der Waals surface area (Å²) in [4.78, 5) is 15.0. The average Bonchev–Trinajstić information content (AvgIpc) is 2.81. The molecule has 1 aromatic carbocycles. The van der Waals surface area contributed by atoms with Crippen molar-refractivity contribution in [1.29, 1.82) is 0 Å². The number of nitrogens with one attached hydrogen (secondary N) is 1. The van der Waals surface area contributed by atoms with E-state index in [9.17, 15) is 4.79 Å². The predicted molar refractivity (Wildman–Crippen MR) is 61.6 cm³/mol. The van der Waals surface area contributed by atoms with Crippen molar-refractivity contribution in [3.63, 3.8) is 0 Å². The van der Waals surface area contributed by atoms with Crippen molar-refractivity contribution >= 4 is 11.5 Å². The van der Waals surface area contributed by atoms with E-state index in [4.69, 9.17) is 10.5 Å². The van der Waals surface area contributed by atoms with Crippen LogP contribution in [0.25, 0.3) is 0 Å². The molecule has 0 spiro atoms. The third-order valence-electron chi connectivity index (χ3n) is 2.37. The molecule has 0 amide bonds. The number of nitrogens with two attached hydrogens (primary N) is 1. The van der Waals surface area contributed by atoms with Crippen LogP contribution in [-0.2, 0) is 0 Å². The van der Waals surface area contributed by atoms with Crippen molar-refractivity contribution in [2.24, 2.45) is 0 Å². The molecule has 0 fully saturated rings. The number of ketones is 1. The monoisotopic (exact) mass is 216 g/mol. The Balaban J connectivity index is 2.51. The molecule has 2 aromatic rings. The minimum atomic E-state index is -0.142. The number of rotatable bonds is 3. The van der Waals surface area contributed by atoms with Crippen molar-refractivity contribution in [3.8, 4) is 5.75 Å². The predicted octanol–water partition coefficient (Wildman–Crippen LogP) is 1.84. The number of ether oxygens (including phenoxy) is 1. The van der Waals surface area contributed by atoms with Gasteiger partial charge < -0.3 is 15.5 Å². The highest BCUT2D eigenvalue weighted by atomic mass is 16.5. The smallest absolute Gasteiger partial charge is 0.200 e. The van der Waals surface area contributed by atoms with Gasteiger partial charge in [0.2, 0.25) is 0 Å². The number of hydrogen-bond donors (Lipinski definition) is 2. The molecule has 82 valence electrons. The van der Waals surface area contributed by atoms with Crippen molar-refractivity contribution in [1.82, 2.24) is 4.98 Å². The molecule has 1 aromatic heterocycles. The van der Waals surface area contributed by atoms with Crippen LogP contribution in [0.4, 0.5) is 5.69 Å². The van der Waals surface area contributed by atoms with Gasteiger partial charge in [0.1, 0.15) is 5.75 Å². The van der Waals surface area contributed by atoms with Crippen molar-refractivity contribution in [2.45, 2.75) is 0 Å². The van der Waals surface area contributed by atoms with E-state index in [-0.39, 0.29) is 5.78 Å². The van der Waals surface area contributed by atoms with Gasteiger partial charge in [0.15, 0.2) is 5.78 Å². The summed E-state index contributed by atoms with van der Waals surface area (Å²) in [6.07, 6.45) is 3.33. The molecule has 4 nitrogen and oxygen atoms in total. The van der Waals surface area contributed by atoms with Crippen LogP contribution >= 0.6 is 0 Å². The lowest BCUT2D eigenvalue weighted by atomic mass is 10.0. The van der Waals surface area contributed by atoms with Crippen LogP contribution in [0.1, 0.15) is 15.9 Å². The van der Waals surface area contributed by atoms with E-state index < -0.39 is 0 Å². The maximum atomic E-state index is 12.1. The molecular formula is C12H12N2O2. The fraction of sp³-hybridized carbons (Fsp3) is 0.0833. The van der Waals surface area contributed by atoms with Crippen LogP contribution in [0.2, 0.25) is 0 Å². The van der Waals surface area contributed by atoms with E-state index in [1.54, 1.807) is 36.7 Å². The van der Waals surface area contributed by atoms with Gasteiger partial charge in [-0.3, -0.25) is 4.79 Å². The van der Waals surface area contributed by atoms with Gasteiger partial charge in [-0.2, -0.15) is 0 Å². The Hall–Kier alpha value is -2.23. The molecule has 16 heavy (non-hydrogen) atoms. The Kier molecular flexibility index (Phi) is 2.64. The highest BCUT2D eigenvalue weighted by Gasteiger charge is 2.17. The average molecular weight is 216 g/mol. The fourth-order valence-electron chi connectivity index (χ4n) is 1.57. The number of methoxy groups -OCH3 is 1. The largest absolute Gasteiger partial charge is 0.496 e. The highest BCUT2D eigenvalue weighted by molar-refractivity contribution is 6.13. The van der Waals surface area contributed by atoms with Gasteiger partial charge in [-0.25, -0.2) is 0 Å². The zero-order valence-corrected chi connectivity index (χ0v) is 8.86. The summed E-state index contributed by atoms with van der Waals surface area (Å²) in [5, 5.41) is 0. The normalized spacial score (nSPS) is 10.1. The highest BCUT2D eigenvalue weighted by Crippen LogP contribution is 2.26. The van der Waals surface area contributed by atoms with Gasteiger partial charge >= 0.3 is 0 Å². The van der Waals surface area contributed by atoms with Crippen molar-refractivity contribution in [3.05, 3.63) is 47.8 Å². The topological polar surface area (TPSA) is 68.1 Å². The van der Waals surface area contributed by atoms with Crippen LogP contribution < -0.4 is 10.5 Å². The molecule has 0 bridgehead atoms. The second kappa shape index (κ2) is 4.10. The van der Waals surface area contributed by atoms with Crippen molar-refractivity contribution in [2.75, 3.05) is 12.8 Å². The number of benzene rings is 1. The van der Waals surface area contributed by atoms with Gasteiger partial charge in [0.25, 0.3) is 0 Å². The lowest BCUT2D eigenvalue weighted by Crippen LogP contribution is -2.06. The van der Waals surface area contributed by atoms with Crippen LogP contribution in [0.3, 0.4) is 0 Å². The second-order valence-electron chi connectivity index (χ2n) is 3.35. The number of aromatic amines is 1. The fourth-order valence-corrected chi connectivity index (χ4v) is 1.57. The number of carbonyl (C=O) groups excluding carboxylic acids is 1. The molecule has 3 N–H and O–H groups in total. The molecule has 0 aliphatic carbocycles. The van der Waals surface area contributed by atoms with Crippen LogP contribution in [0, 0.1) is 0 Å². The van der Waals surface area contributed by atoms with E-state index >= 15 is 0 Å². The van der Waals surface area contributed by atoms with Gasteiger partial charge in [-0.1, -0.05) is 6.07 Å². The summed E-state index contributed by atoms with van der Waals surface area (Å²) >= 11 is 0. The summed E-state index contributed by atoms with van der Waals surface area (Å²) in [6, 6.07) is 6.86. The Bertz CT molecular complexity index is 504. The summed E-state index contributed by atoms with van der Waals surface area (Å²) in [7, 11) is 1.52. The zero-order valence-electron chi connectivity index (χ0n) is 8.86. The molecular weight excluding hydrogens is 204 g/mol. The first-order valence-electron chi connectivity index (χ1n) is 4.84. The summed E-state index contributed by atoms with van der Waals surface area (Å²) in [6.45, 7) is 0. The second-order valence-corrected chi connectivity index (χ2v) is 3.35. The van der Waals surface area contributed by atoms with Gasteiger partial charge in [-0.05, 0) is 18.2 Å². The van der Waals surface area contributed by atoms with Crippen LogP contribution in [-0.4, -0.2) is 17.9 Å². The van der Waals surface area contributed by atoms with E-state index in [0.29, 0.717) is 22.6 Å². The quantitative estimate of drug-likeness (QED) is 0.607. The number of nitrogen functional groups attached to an aromatic ring is 1. The maximum Gasteiger partial charge on any atom is 0.200 e. The molecule has 0 unspecified atom stereocenters. The standard InChI is InChI=1S/C12H12N2O2/c1-16-10-4-2-3-9(13)11(10)12(15)8-5-6-14-7-8/h2-7,14H,13H2,1H3. The minimum Gasteiger partial charge on any atom is -0.496 e. The third kappa shape index (κ3) is 1.65. The first kappa shape index (κ1) is 10.3. The molecule has 0 aliphatic rings. The number of hydrogen-bond acceptors (Lipinski definition) is 3. The molecule has 2 rings (SSSR count). The summed E-state index contributed by atoms with van der Waals surface area (Å²) < 4.78 is 5.13. The molecule has 0 saturated carbocycles. The number of H-pyrrole nitrogens is 1. The molecule has 0 aliphatic heterocycles. The molecule has 0 saturated heterocycles. The number of anilines is 1. The van der Waals surface area contributed by atoms with Crippen LogP contribution in [0.5, 0.6) is 5.75 Å². The van der Waals surface area contributed by atoms with Crippen LogP contribution in [0.15, 0.2) is 36.7 Å². The van der Waals surface area contributed by atoms with Gasteiger partial charge in [0.05, 0.1) is 12.7 Å². The zero-order chi connectivity index (χ0) is 11.5. The first-order chi connectivity index (χ1) is 7.74. The Morgan fingerprint density at radius 1 is 1.38 bits per heavy atom. The van der Waals surface area contributed by atoms with Gasteiger partial charge in [-0.15, -0.1) is 0 Å². The SMILES string of the molecule is COc1cccc(N)c1C(=O)c1cc[nH]c1. The van der Waals surface area contributed by atoms with E-state index in [1.165, 1.54) is 7.11 Å². The molecule has 1 heterocycles. The summed E-state index contributed by atoms with van der Waals surface area (Å²) in [5.41, 5.74) is 7.19. The third-order valence-corrected chi connectivity index (χ3v) is 2.37. The molecule has 4 heteroatoms. The van der Waals surface area contributed by atoms with Gasteiger partial charge in [0, 0.05) is 23.6 Å². The minimum absolute atomic E-state index is 0.142. The maximum absolute atomic E-state index is 12.1.